The number of rotatable bonds is 4. The van der Waals surface area contributed by atoms with Crippen molar-refractivity contribution in [2.75, 3.05) is 13.1 Å². The Morgan fingerprint density at radius 2 is 1.84 bits per heavy atom. The highest BCUT2D eigenvalue weighted by molar-refractivity contribution is 5.67. The molecule has 2 N–H and O–H groups in total. The van der Waals surface area contributed by atoms with Crippen LogP contribution < -0.4 is 15.2 Å². The monoisotopic (exact) mass is 450 g/mol. The lowest BCUT2D eigenvalue weighted by molar-refractivity contribution is -0.274. The maximum atomic E-state index is 12.5. The van der Waals surface area contributed by atoms with Gasteiger partial charge in [0.1, 0.15) is 24.2 Å². The summed E-state index contributed by atoms with van der Waals surface area (Å²) in [7, 11) is 0. The van der Waals surface area contributed by atoms with Gasteiger partial charge in [-0.3, -0.25) is 0 Å². The van der Waals surface area contributed by atoms with Gasteiger partial charge in [0, 0.05) is 37.2 Å². The lowest BCUT2D eigenvalue weighted by atomic mass is 9.85. The molecule has 0 saturated carbocycles. The van der Waals surface area contributed by atoms with Gasteiger partial charge < -0.3 is 24.8 Å². The molecular formula is C23H25F3N2O4. The number of benzene rings is 2. The lowest BCUT2D eigenvalue weighted by Crippen LogP contribution is -2.44. The van der Waals surface area contributed by atoms with Crippen molar-refractivity contribution < 1.29 is 32.2 Å². The van der Waals surface area contributed by atoms with Crippen molar-refractivity contribution in [1.82, 2.24) is 4.90 Å². The zero-order valence-corrected chi connectivity index (χ0v) is 17.4. The molecule has 2 aromatic rings. The Labute approximate surface area is 184 Å². The van der Waals surface area contributed by atoms with E-state index in [0.29, 0.717) is 43.7 Å². The van der Waals surface area contributed by atoms with Crippen LogP contribution in [0.4, 0.5) is 18.0 Å². The van der Waals surface area contributed by atoms with Gasteiger partial charge in [-0.25, -0.2) is 4.79 Å². The second-order valence-corrected chi connectivity index (χ2v) is 8.11. The molecule has 2 aliphatic heterocycles. The minimum Gasteiger partial charge on any atom is -0.490 e. The fraction of sp³-hybridized carbons (Fsp3) is 0.435. The second kappa shape index (κ2) is 9.28. The van der Waals surface area contributed by atoms with Crippen molar-refractivity contribution in [1.29, 1.82) is 0 Å². The van der Waals surface area contributed by atoms with Crippen LogP contribution in [-0.4, -0.2) is 36.5 Å². The maximum absolute atomic E-state index is 12.5. The van der Waals surface area contributed by atoms with Crippen LogP contribution in [0.2, 0.25) is 0 Å². The van der Waals surface area contributed by atoms with Crippen LogP contribution in [-0.2, 0) is 11.3 Å². The summed E-state index contributed by atoms with van der Waals surface area (Å²) in [6, 6.07) is 13.1. The molecule has 172 valence electrons. The fourth-order valence-electron chi connectivity index (χ4n) is 4.26. The Kier molecular flexibility index (Phi) is 6.45. The van der Waals surface area contributed by atoms with Crippen LogP contribution in [0.1, 0.15) is 36.4 Å². The Morgan fingerprint density at radius 1 is 1.12 bits per heavy atom. The number of carbonyl (C=O) groups is 1. The van der Waals surface area contributed by atoms with E-state index in [9.17, 15) is 18.0 Å². The van der Waals surface area contributed by atoms with Crippen molar-refractivity contribution in [2.24, 2.45) is 11.7 Å². The maximum Gasteiger partial charge on any atom is 0.573 e. The van der Waals surface area contributed by atoms with Gasteiger partial charge in [0.15, 0.2) is 0 Å². The van der Waals surface area contributed by atoms with Gasteiger partial charge in [0.25, 0.3) is 0 Å². The predicted molar refractivity (Wildman–Crippen MR) is 110 cm³/mol. The van der Waals surface area contributed by atoms with Crippen LogP contribution >= 0.6 is 0 Å². The molecule has 2 aliphatic rings. The van der Waals surface area contributed by atoms with Gasteiger partial charge in [-0.05, 0) is 30.4 Å². The number of halogens is 3. The molecule has 0 radical (unpaired) electrons. The summed E-state index contributed by atoms with van der Waals surface area (Å²) < 4.78 is 53.1. The zero-order chi connectivity index (χ0) is 22.7. The van der Waals surface area contributed by atoms with E-state index in [1.807, 2.05) is 30.3 Å². The molecule has 0 unspecified atom stereocenters. The summed E-state index contributed by atoms with van der Waals surface area (Å²) in [5.74, 6) is 0.125. The van der Waals surface area contributed by atoms with E-state index in [1.54, 1.807) is 4.90 Å². The first-order chi connectivity index (χ1) is 15.3. The number of fused-ring (bicyclic) bond motifs is 1. The number of hydrogen-bond acceptors (Lipinski definition) is 5. The van der Waals surface area contributed by atoms with E-state index in [4.69, 9.17) is 15.2 Å². The van der Waals surface area contributed by atoms with E-state index < -0.39 is 6.36 Å². The smallest absolute Gasteiger partial charge is 0.490 e. The number of alkyl halides is 3. The van der Waals surface area contributed by atoms with E-state index in [0.717, 1.165) is 5.56 Å². The fourth-order valence-corrected chi connectivity index (χ4v) is 4.26. The highest BCUT2D eigenvalue weighted by Gasteiger charge is 2.36. The van der Waals surface area contributed by atoms with Gasteiger partial charge in [-0.1, -0.05) is 36.4 Å². The Hall–Kier alpha value is -2.94. The lowest BCUT2D eigenvalue weighted by Gasteiger charge is -2.39. The topological polar surface area (TPSA) is 74.0 Å². The van der Waals surface area contributed by atoms with Gasteiger partial charge in [-0.15, -0.1) is 13.2 Å². The van der Waals surface area contributed by atoms with E-state index in [2.05, 4.69) is 4.74 Å². The first kappa shape index (κ1) is 22.3. The number of piperidine rings is 1. The number of likely N-dealkylation sites (tertiary alicyclic amines) is 1. The number of nitrogens with zero attached hydrogens (tertiary/aromatic N) is 1. The predicted octanol–water partition coefficient (Wildman–Crippen LogP) is 4.78. The van der Waals surface area contributed by atoms with E-state index in [1.165, 1.54) is 18.2 Å². The van der Waals surface area contributed by atoms with Gasteiger partial charge in [0.05, 0.1) is 0 Å². The Balaban J connectivity index is 1.32. The molecule has 2 atom stereocenters. The summed E-state index contributed by atoms with van der Waals surface area (Å²) in [6.45, 7) is 1.27. The van der Waals surface area contributed by atoms with Crippen molar-refractivity contribution in [3.05, 3.63) is 59.7 Å². The molecule has 32 heavy (non-hydrogen) atoms. The summed E-state index contributed by atoms with van der Waals surface area (Å²) in [4.78, 5) is 14.0. The number of carbonyl (C=O) groups excluding carboxylic acids is 1. The van der Waals surface area contributed by atoms with Crippen molar-refractivity contribution >= 4 is 6.09 Å². The Morgan fingerprint density at radius 3 is 2.53 bits per heavy atom. The second-order valence-electron chi connectivity index (χ2n) is 8.11. The van der Waals surface area contributed by atoms with Crippen molar-refractivity contribution in [3.63, 3.8) is 0 Å². The highest BCUT2D eigenvalue weighted by Crippen LogP contribution is 2.40. The quantitative estimate of drug-likeness (QED) is 0.726. The van der Waals surface area contributed by atoms with Crippen LogP contribution in [0.25, 0.3) is 0 Å². The largest absolute Gasteiger partial charge is 0.573 e. The molecular weight excluding hydrogens is 425 g/mol. The average molecular weight is 450 g/mol. The van der Waals surface area contributed by atoms with Crippen LogP contribution in [0.5, 0.6) is 11.5 Å². The van der Waals surface area contributed by atoms with Gasteiger partial charge in [0.2, 0.25) is 0 Å². The molecule has 0 aliphatic carbocycles. The van der Waals surface area contributed by atoms with E-state index in [-0.39, 0.29) is 36.5 Å². The normalized spacial score (nSPS) is 21.4. The standard InChI is InChI=1S/C23H25F3N2O4/c24-23(25,26)32-17-6-7-18-19(27)13-20(31-21(18)12-17)16-8-10-28(11-9-16)22(29)30-14-15-4-2-1-3-5-15/h1-7,12,16,19-20H,8-11,13-14,27H2/t19-,20-/m0/s1. The molecule has 4 rings (SSSR count). The molecule has 0 aromatic heterocycles. The average Bonchev–Trinajstić information content (AvgIpc) is 2.77. The Bertz CT molecular complexity index is 931. The van der Waals surface area contributed by atoms with Crippen molar-refractivity contribution in [3.8, 4) is 11.5 Å². The molecule has 2 heterocycles. The third-order valence-corrected chi connectivity index (χ3v) is 5.91. The van der Waals surface area contributed by atoms with Crippen LogP contribution in [0.3, 0.4) is 0 Å². The minimum absolute atomic E-state index is 0.138. The molecule has 0 bridgehead atoms. The summed E-state index contributed by atoms with van der Waals surface area (Å²) in [5, 5.41) is 0. The zero-order valence-electron chi connectivity index (χ0n) is 17.4. The van der Waals surface area contributed by atoms with Gasteiger partial charge in [-0.2, -0.15) is 0 Å². The molecule has 6 nitrogen and oxygen atoms in total. The summed E-state index contributed by atoms with van der Waals surface area (Å²) in [6.07, 6.45) is -3.39. The van der Waals surface area contributed by atoms with Crippen LogP contribution in [0, 0.1) is 5.92 Å². The van der Waals surface area contributed by atoms with E-state index >= 15 is 0 Å². The van der Waals surface area contributed by atoms with Gasteiger partial charge >= 0.3 is 12.5 Å². The third-order valence-electron chi connectivity index (χ3n) is 5.91. The van der Waals surface area contributed by atoms with Crippen LogP contribution in [0.15, 0.2) is 48.5 Å². The number of amides is 1. The molecule has 1 amide bonds. The number of nitrogens with two attached hydrogens (primary N) is 1. The third kappa shape index (κ3) is 5.45. The SMILES string of the molecule is N[C@H]1C[C@@H](C2CCN(C(=O)OCc3ccccc3)CC2)Oc2cc(OC(F)(F)F)ccc21. The summed E-state index contributed by atoms with van der Waals surface area (Å²) >= 11 is 0. The molecule has 0 spiro atoms. The highest BCUT2D eigenvalue weighted by atomic mass is 19.4. The molecule has 2 aromatic carbocycles. The first-order valence-corrected chi connectivity index (χ1v) is 10.6. The molecule has 1 fully saturated rings. The minimum atomic E-state index is -4.77. The number of hydrogen-bond donors (Lipinski definition) is 1. The molecule has 9 heteroatoms. The van der Waals surface area contributed by atoms with Crippen molar-refractivity contribution in [2.45, 2.75) is 44.4 Å². The molecule has 1 saturated heterocycles. The summed E-state index contributed by atoms with van der Waals surface area (Å²) in [5.41, 5.74) is 7.85. The number of ether oxygens (including phenoxy) is 3. The first-order valence-electron chi connectivity index (χ1n) is 10.6.